The highest BCUT2D eigenvalue weighted by atomic mass is 79.9. The lowest BCUT2D eigenvalue weighted by Crippen LogP contribution is -2.18. The molecule has 0 saturated heterocycles. The van der Waals surface area contributed by atoms with Crippen molar-refractivity contribution in [3.63, 3.8) is 0 Å². The van der Waals surface area contributed by atoms with Gasteiger partial charge in [-0.3, -0.25) is 0 Å². The second kappa shape index (κ2) is 5.56. The van der Waals surface area contributed by atoms with E-state index in [9.17, 15) is 19.0 Å². The Bertz CT molecular complexity index is 350. The fourth-order valence-corrected chi connectivity index (χ4v) is 1.73. The molecule has 0 aromatic heterocycles. The van der Waals surface area contributed by atoms with Gasteiger partial charge in [0, 0.05) is 5.33 Å². The Morgan fingerprint density at radius 1 is 1.25 bits per heavy atom. The van der Waals surface area contributed by atoms with E-state index in [4.69, 9.17) is 5.11 Å². The second-order valence-electron chi connectivity index (χ2n) is 3.33. The molecule has 3 nitrogen and oxygen atoms in total. The smallest absolute Gasteiger partial charge is 0.200 e. The molecule has 1 rings (SSSR count). The third-order valence-electron chi connectivity index (χ3n) is 2.14. The third-order valence-corrected chi connectivity index (χ3v) is 2.60. The average molecular weight is 297 g/mol. The topological polar surface area (TPSA) is 60.7 Å². The van der Waals surface area contributed by atoms with Gasteiger partial charge in [-0.25, -0.2) is 4.39 Å². The molecular weight excluding hydrogens is 286 g/mol. The quantitative estimate of drug-likeness (QED) is 0.743. The molecule has 0 fully saturated rings. The molecule has 90 valence electrons. The Morgan fingerprint density at radius 3 is 2.38 bits per heavy atom. The molecule has 3 N–H and O–H groups in total. The largest absolute Gasteiger partial charge is 0.505 e. The Kier molecular flexibility index (Phi) is 4.64. The molecular formula is C10H11BrF2O3. The predicted molar refractivity (Wildman–Crippen MR) is 57.4 cm³/mol. The van der Waals surface area contributed by atoms with E-state index in [1.54, 1.807) is 0 Å². The molecule has 0 radical (unpaired) electrons. The van der Waals surface area contributed by atoms with E-state index in [1.807, 2.05) is 0 Å². The molecule has 1 aromatic carbocycles. The van der Waals surface area contributed by atoms with Crippen LogP contribution in [0.15, 0.2) is 12.1 Å². The summed E-state index contributed by atoms with van der Waals surface area (Å²) in [5.41, 5.74) is -0.0650. The van der Waals surface area contributed by atoms with E-state index < -0.39 is 29.6 Å². The minimum atomic E-state index is -1.37. The lowest BCUT2D eigenvalue weighted by Gasteiger charge is -2.17. The molecule has 0 saturated carbocycles. The maximum Gasteiger partial charge on any atom is 0.200 e. The number of alkyl halides is 1. The predicted octanol–water partition coefficient (Wildman–Crippen LogP) is 1.85. The zero-order valence-corrected chi connectivity index (χ0v) is 9.79. The maximum absolute atomic E-state index is 12.9. The number of aromatic hydroxyl groups is 1. The summed E-state index contributed by atoms with van der Waals surface area (Å²) >= 11 is 3.08. The van der Waals surface area contributed by atoms with Crippen LogP contribution in [0.25, 0.3) is 0 Å². The minimum absolute atomic E-state index is 0.0650. The standard InChI is InChI=1S/C10H11BrF2O3/c11-2-1-7(14)10(16)5-3-6(12)9(13)8(15)4-5/h3-4,7,10,14-16H,1-2H2. The van der Waals surface area contributed by atoms with Gasteiger partial charge in [-0.1, -0.05) is 15.9 Å². The molecule has 0 aliphatic heterocycles. The van der Waals surface area contributed by atoms with Gasteiger partial charge in [0.05, 0.1) is 6.10 Å². The normalized spacial score (nSPS) is 14.8. The molecule has 0 aliphatic rings. The molecule has 0 bridgehead atoms. The number of hydrogen-bond acceptors (Lipinski definition) is 3. The Morgan fingerprint density at radius 2 is 1.88 bits per heavy atom. The summed E-state index contributed by atoms with van der Waals surface area (Å²) in [5, 5.41) is 28.5. The van der Waals surface area contributed by atoms with Crippen LogP contribution in [0, 0.1) is 11.6 Å². The SMILES string of the molecule is Oc1cc(C(O)C(O)CCBr)cc(F)c1F. The summed E-state index contributed by atoms with van der Waals surface area (Å²) < 4.78 is 25.7. The first-order chi connectivity index (χ1) is 7.47. The van der Waals surface area contributed by atoms with Crippen molar-refractivity contribution in [3.8, 4) is 5.75 Å². The van der Waals surface area contributed by atoms with Gasteiger partial charge in [-0.05, 0) is 24.1 Å². The van der Waals surface area contributed by atoms with E-state index in [-0.39, 0.29) is 12.0 Å². The number of halogens is 3. The van der Waals surface area contributed by atoms with E-state index in [1.165, 1.54) is 0 Å². The van der Waals surface area contributed by atoms with E-state index in [2.05, 4.69) is 15.9 Å². The van der Waals surface area contributed by atoms with Crippen molar-refractivity contribution in [1.82, 2.24) is 0 Å². The molecule has 2 unspecified atom stereocenters. The molecule has 0 heterocycles. The van der Waals surface area contributed by atoms with Gasteiger partial charge in [0.2, 0.25) is 0 Å². The first-order valence-corrected chi connectivity index (χ1v) is 5.69. The van der Waals surface area contributed by atoms with E-state index in [0.717, 1.165) is 12.1 Å². The van der Waals surface area contributed by atoms with Crippen LogP contribution >= 0.6 is 15.9 Å². The summed E-state index contributed by atoms with van der Waals surface area (Å²) in [7, 11) is 0. The van der Waals surface area contributed by atoms with Gasteiger partial charge in [-0.15, -0.1) is 0 Å². The number of phenols is 1. The average Bonchev–Trinajstić information content (AvgIpc) is 2.24. The highest BCUT2D eigenvalue weighted by Gasteiger charge is 2.21. The summed E-state index contributed by atoms with van der Waals surface area (Å²) in [6.07, 6.45) is -2.22. The highest BCUT2D eigenvalue weighted by Crippen LogP contribution is 2.27. The van der Waals surface area contributed by atoms with Crippen LogP contribution in [0.2, 0.25) is 0 Å². The number of aliphatic hydroxyl groups is 2. The van der Waals surface area contributed by atoms with Crippen molar-refractivity contribution < 1.29 is 24.1 Å². The molecule has 0 aliphatic carbocycles. The number of benzene rings is 1. The summed E-state index contributed by atoms with van der Waals surface area (Å²) in [4.78, 5) is 0. The van der Waals surface area contributed by atoms with Crippen LogP contribution in [0.1, 0.15) is 18.1 Å². The van der Waals surface area contributed by atoms with Crippen LogP contribution in [-0.2, 0) is 0 Å². The van der Waals surface area contributed by atoms with Crippen molar-refractivity contribution >= 4 is 15.9 Å². The fraction of sp³-hybridized carbons (Fsp3) is 0.400. The minimum Gasteiger partial charge on any atom is -0.505 e. The van der Waals surface area contributed by atoms with Crippen LogP contribution in [-0.4, -0.2) is 26.8 Å². The summed E-state index contributed by atoms with van der Waals surface area (Å²) in [6.45, 7) is 0. The van der Waals surface area contributed by atoms with Crippen molar-refractivity contribution in [3.05, 3.63) is 29.3 Å². The zero-order chi connectivity index (χ0) is 12.3. The van der Waals surface area contributed by atoms with Crippen LogP contribution in [0.4, 0.5) is 8.78 Å². The Balaban J connectivity index is 2.96. The first kappa shape index (κ1) is 13.3. The fourth-order valence-electron chi connectivity index (χ4n) is 1.26. The van der Waals surface area contributed by atoms with Gasteiger partial charge < -0.3 is 15.3 Å². The maximum atomic E-state index is 12.9. The lowest BCUT2D eigenvalue weighted by molar-refractivity contribution is 0.0170. The highest BCUT2D eigenvalue weighted by molar-refractivity contribution is 9.09. The molecule has 1 aromatic rings. The van der Waals surface area contributed by atoms with Crippen molar-refractivity contribution in [2.24, 2.45) is 0 Å². The second-order valence-corrected chi connectivity index (χ2v) is 4.12. The van der Waals surface area contributed by atoms with Gasteiger partial charge in [0.25, 0.3) is 0 Å². The third kappa shape index (κ3) is 2.90. The van der Waals surface area contributed by atoms with Crippen molar-refractivity contribution in [2.45, 2.75) is 18.6 Å². The first-order valence-electron chi connectivity index (χ1n) is 4.57. The number of hydrogen-bond donors (Lipinski definition) is 3. The van der Waals surface area contributed by atoms with Crippen LogP contribution < -0.4 is 0 Å². The molecule has 0 spiro atoms. The monoisotopic (exact) mass is 296 g/mol. The lowest BCUT2D eigenvalue weighted by atomic mass is 10.0. The summed E-state index contributed by atoms with van der Waals surface area (Å²) in [6, 6.07) is 1.64. The molecule has 16 heavy (non-hydrogen) atoms. The molecule has 0 amide bonds. The van der Waals surface area contributed by atoms with Gasteiger partial charge >= 0.3 is 0 Å². The van der Waals surface area contributed by atoms with Crippen LogP contribution in [0.5, 0.6) is 5.75 Å². The van der Waals surface area contributed by atoms with Crippen molar-refractivity contribution in [1.29, 1.82) is 0 Å². The summed E-state index contributed by atoms with van der Waals surface area (Å²) in [5.74, 6) is -3.52. The number of aliphatic hydroxyl groups excluding tert-OH is 2. The van der Waals surface area contributed by atoms with Gasteiger partial charge in [0.1, 0.15) is 6.10 Å². The van der Waals surface area contributed by atoms with Crippen molar-refractivity contribution in [2.75, 3.05) is 5.33 Å². The van der Waals surface area contributed by atoms with E-state index >= 15 is 0 Å². The molecule has 2 atom stereocenters. The van der Waals surface area contributed by atoms with Crippen LogP contribution in [0.3, 0.4) is 0 Å². The Labute approximate surface area is 99.5 Å². The zero-order valence-electron chi connectivity index (χ0n) is 8.20. The molecule has 6 heteroatoms. The number of phenolic OH excluding ortho intramolecular Hbond substituents is 1. The van der Waals surface area contributed by atoms with E-state index in [0.29, 0.717) is 5.33 Å². The number of rotatable bonds is 4. The Hall–Kier alpha value is -0.720. The van der Waals surface area contributed by atoms with Gasteiger partial charge in [0.15, 0.2) is 17.4 Å². The van der Waals surface area contributed by atoms with Gasteiger partial charge in [-0.2, -0.15) is 4.39 Å².